The van der Waals surface area contributed by atoms with E-state index in [1.807, 2.05) is 19.1 Å². The van der Waals surface area contributed by atoms with Gasteiger partial charge in [-0.15, -0.1) is 24.0 Å². The molecule has 0 atom stereocenters. The van der Waals surface area contributed by atoms with Gasteiger partial charge in [0.1, 0.15) is 0 Å². The van der Waals surface area contributed by atoms with Gasteiger partial charge in [-0.25, -0.2) is 0 Å². The third kappa shape index (κ3) is 7.52. The summed E-state index contributed by atoms with van der Waals surface area (Å²) in [7, 11) is 1.78. The molecule has 25 heavy (non-hydrogen) atoms. The third-order valence-corrected chi connectivity index (χ3v) is 4.81. The highest BCUT2D eigenvalue weighted by molar-refractivity contribution is 14.0. The second-order valence-electron chi connectivity index (χ2n) is 6.00. The summed E-state index contributed by atoms with van der Waals surface area (Å²) in [5.41, 5.74) is 1.20. The Balaban J connectivity index is 0.00000312. The molecule has 1 aliphatic carbocycles. The summed E-state index contributed by atoms with van der Waals surface area (Å²) in [5, 5.41) is 6.79. The van der Waals surface area contributed by atoms with E-state index >= 15 is 0 Å². The maximum Gasteiger partial charge on any atom is 0.308 e. The highest BCUT2D eigenvalue weighted by Crippen LogP contribution is 2.25. The average Bonchev–Trinajstić information content (AvgIpc) is 2.60. The highest BCUT2D eigenvalue weighted by atomic mass is 127. The van der Waals surface area contributed by atoms with Crippen LogP contribution in [0.2, 0.25) is 0 Å². The van der Waals surface area contributed by atoms with Crippen molar-refractivity contribution in [2.24, 2.45) is 10.9 Å². The number of benzene rings is 1. The first-order chi connectivity index (χ1) is 11.6. The van der Waals surface area contributed by atoms with Crippen LogP contribution in [-0.2, 0) is 16.1 Å². The fraction of sp³-hybridized carbons (Fsp3) is 0.556. The van der Waals surface area contributed by atoms with Gasteiger partial charge in [-0.05, 0) is 50.3 Å². The number of ether oxygens (including phenoxy) is 1. The minimum Gasteiger partial charge on any atom is -0.466 e. The maximum absolute atomic E-state index is 11.8. The Morgan fingerprint density at radius 2 is 1.88 bits per heavy atom. The Morgan fingerprint density at radius 3 is 2.44 bits per heavy atom. The Hall–Kier alpha value is -0.830. The number of carbonyl (C=O) groups excluding carboxylic acids is 1. The first kappa shape index (κ1) is 22.2. The first-order valence-corrected chi connectivity index (χ1v) is 9.30. The van der Waals surface area contributed by atoms with Crippen LogP contribution in [0.1, 0.15) is 38.2 Å². The molecule has 0 spiro atoms. The number of rotatable bonds is 5. The summed E-state index contributed by atoms with van der Waals surface area (Å²) < 4.78 is 6.19. The lowest BCUT2D eigenvalue weighted by Gasteiger charge is -2.29. The van der Waals surface area contributed by atoms with Crippen molar-refractivity contribution >= 4 is 51.8 Å². The van der Waals surface area contributed by atoms with Crippen molar-refractivity contribution in [3.05, 3.63) is 34.3 Å². The number of carbonyl (C=O) groups is 1. The lowest BCUT2D eigenvalue weighted by atomic mass is 9.86. The van der Waals surface area contributed by atoms with Crippen molar-refractivity contribution in [1.29, 1.82) is 0 Å². The molecular weight excluding hydrogens is 497 g/mol. The number of hydrogen-bond donors (Lipinski definition) is 2. The van der Waals surface area contributed by atoms with Crippen LogP contribution >= 0.6 is 39.9 Å². The van der Waals surface area contributed by atoms with Gasteiger partial charge in [-0.3, -0.25) is 9.79 Å². The van der Waals surface area contributed by atoms with Gasteiger partial charge in [-0.1, -0.05) is 28.1 Å². The van der Waals surface area contributed by atoms with Crippen molar-refractivity contribution in [3.8, 4) is 0 Å². The standard InChI is InChI=1S/C18H26BrN3O2.HI/c1-3-24-17(23)14-6-10-16(11-7-14)22-18(20-2)21-12-13-4-8-15(19)9-5-13;/h4-5,8-9,14,16H,3,6-7,10-12H2,1-2H3,(H2,20,21,22);1H. The van der Waals surface area contributed by atoms with Gasteiger partial charge in [0.05, 0.1) is 12.5 Å². The molecule has 0 aliphatic heterocycles. The number of hydrogen-bond acceptors (Lipinski definition) is 3. The largest absolute Gasteiger partial charge is 0.466 e. The number of halogens is 2. The molecular formula is C18H27BrIN3O2. The Labute approximate surface area is 175 Å². The van der Waals surface area contributed by atoms with Crippen LogP contribution in [0.5, 0.6) is 0 Å². The molecule has 2 N–H and O–H groups in total. The van der Waals surface area contributed by atoms with Crippen molar-refractivity contribution < 1.29 is 9.53 Å². The summed E-state index contributed by atoms with van der Waals surface area (Å²) in [6.07, 6.45) is 3.67. The van der Waals surface area contributed by atoms with Crippen LogP contribution in [0.15, 0.2) is 33.7 Å². The van der Waals surface area contributed by atoms with Gasteiger partial charge in [0.25, 0.3) is 0 Å². The van der Waals surface area contributed by atoms with Crippen molar-refractivity contribution in [2.45, 2.75) is 45.2 Å². The van der Waals surface area contributed by atoms with Crippen molar-refractivity contribution in [2.75, 3.05) is 13.7 Å². The van der Waals surface area contributed by atoms with Gasteiger partial charge < -0.3 is 15.4 Å². The van der Waals surface area contributed by atoms with Gasteiger partial charge in [-0.2, -0.15) is 0 Å². The van der Waals surface area contributed by atoms with Crippen LogP contribution in [0.4, 0.5) is 0 Å². The fourth-order valence-corrected chi connectivity index (χ4v) is 3.17. The average molecular weight is 524 g/mol. The zero-order valence-electron chi connectivity index (χ0n) is 14.8. The molecule has 0 aromatic heterocycles. The second kappa shape index (κ2) is 11.7. The molecule has 0 heterocycles. The normalized spacial score (nSPS) is 20.4. The predicted molar refractivity (Wildman–Crippen MR) is 115 cm³/mol. The minimum absolute atomic E-state index is 0. The zero-order valence-corrected chi connectivity index (χ0v) is 18.7. The van der Waals surface area contributed by atoms with Gasteiger partial charge in [0, 0.05) is 24.1 Å². The summed E-state index contributed by atoms with van der Waals surface area (Å²) in [6, 6.07) is 8.57. The van der Waals surface area contributed by atoms with E-state index in [2.05, 4.69) is 43.7 Å². The van der Waals surface area contributed by atoms with Crippen LogP contribution in [0, 0.1) is 5.92 Å². The number of aliphatic imine (C=N–C) groups is 1. The van der Waals surface area contributed by atoms with E-state index in [-0.39, 0.29) is 35.9 Å². The van der Waals surface area contributed by atoms with Crippen LogP contribution in [0.3, 0.4) is 0 Å². The monoisotopic (exact) mass is 523 g/mol. The maximum atomic E-state index is 11.8. The summed E-state index contributed by atoms with van der Waals surface area (Å²) >= 11 is 3.44. The lowest BCUT2D eigenvalue weighted by Crippen LogP contribution is -2.45. The predicted octanol–water partition coefficient (Wildman–Crippen LogP) is 3.85. The minimum atomic E-state index is -0.0475. The fourth-order valence-electron chi connectivity index (χ4n) is 2.91. The summed E-state index contributed by atoms with van der Waals surface area (Å²) in [5.74, 6) is 0.812. The Morgan fingerprint density at radius 1 is 1.24 bits per heavy atom. The Bertz CT molecular complexity index is 558. The van der Waals surface area contributed by atoms with E-state index in [9.17, 15) is 4.79 Å². The molecule has 140 valence electrons. The van der Waals surface area contributed by atoms with E-state index in [1.54, 1.807) is 7.05 Å². The van der Waals surface area contributed by atoms with E-state index < -0.39 is 0 Å². The number of nitrogens with zero attached hydrogens (tertiary/aromatic N) is 1. The SMILES string of the molecule is CCOC(=O)C1CCC(NC(=NC)NCc2ccc(Br)cc2)CC1.I. The molecule has 0 unspecified atom stereocenters. The van der Waals surface area contributed by atoms with E-state index in [0.29, 0.717) is 12.6 Å². The van der Waals surface area contributed by atoms with Crippen LogP contribution in [-0.4, -0.2) is 31.6 Å². The molecule has 1 aromatic carbocycles. The highest BCUT2D eigenvalue weighted by Gasteiger charge is 2.27. The third-order valence-electron chi connectivity index (χ3n) is 4.28. The molecule has 0 radical (unpaired) electrons. The van der Waals surface area contributed by atoms with E-state index in [0.717, 1.165) is 42.7 Å². The Kier molecular flexibility index (Phi) is 10.4. The van der Waals surface area contributed by atoms with E-state index in [4.69, 9.17) is 4.74 Å². The first-order valence-electron chi connectivity index (χ1n) is 8.50. The van der Waals surface area contributed by atoms with Crippen LogP contribution < -0.4 is 10.6 Å². The summed E-state index contributed by atoms with van der Waals surface area (Å²) in [4.78, 5) is 16.1. The zero-order chi connectivity index (χ0) is 17.4. The van der Waals surface area contributed by atoms with Crippen LogP contribution in [0.25, 0.3) is 0 Å². The topological polar surface area (TPSA) is 62.7 Å². The molecule has 7 heteroatoms. The summed E-state index contributed by atoms with van der Waals surface area (Å²) in [6.45, 7) is 3.04. The quantitative estimate of drug-likeness (QED) is 0.266. The number of nitrogens with one attached hydrogen (secondary N) is 2. The van der Waals surface area contributed by atoms with Crippen molar-refractivity contribution in [3.63, 3.8) is 0 Å². The number of esters is 1. The molecule has 0 saturated heterocycles. The van der Waals surface area contributed by atoms with E-state index in [1.165, 1.54) is 5.56 Å². The molecule has 2 rings (SSSR count). The lowest BCUT2D eigenvalue weighted by molar-refractivity contribution is -0.149. The molecule has 5 nitrogen and oxygen atoms in total. The molecule has 1 aromatic rings. The van der Waals surface area contributed by atoms with Gasteiger partial charge in [0.15, 0.2) is 5.96 Å². The van der Waals surface area contributed by atoms with Gasteiger partial charge in [0.2, 0.25) is 0 Å². The van der Waals surface area contributed by atoms with Gasteiger partial charge >= 0.3 is 5.97 Å². The molecule has 1 saturated carbocycles. The number of guanidine groups is 1. The van der Waals surface area contributed by atoms with Crippen molar-refractivity contribution in [1.82, 2.24) is 10.6 Å². The molecule has 0 bridgehead atoms. The smallest absolute Gasteiger partial charge is 0.308 e. The second-order valence-corrected chi connectivity index (χ2v) is 6.91. The molecule has 1 fully saturated rings. The molecule has 0 amide bonds. The molecule has 1 aliphatic rings.